The number of nitrogens with zero attached hydrogens (tertiary/aromatic N) is 3. The summed E-state index contributed by atoms with van der Waals surface area (Å²) in [4.78, 5) is 2.55. The van der Waals surface area contributed by atoms with Gasteiger partial charge in [-0.1, -0.05) is 0 Å². The van der Waals surface area contributed by atoms with Gasteiger partial charge in [0.25, 0.3) is 0 Å². The Kier molecular flexibility index (Phi) is 6.80. The van der Waals surface area contributed by atoms with E-state index in [2.05, 4.69) is 31.2 Å². The summed E-state index contributed by atoms with van der Waals surface area (Å²) in [5.41, 5.74) is 2.37. The number of hydrogen-bond acceptors (Lipinski definition) is 3. The lowest BCUT2D eigenvalue weighted by atomic mass is 9.98. The molecule has 0 radical (unpaired) electrons. The van der Waals surface area contributed by atoms with Crippen LogP contribution in [0.15, 0.2) is 4.47 Å². The first kappa shape index (κ1) is 17.0. The van der Waals surface area contributed by atoms with E-state index in [1.807, 2.05) is 25.7 Å². The summed E-state index contributed by atoms with van der Waals surface area (Å²) in [5.74, 6) is 0.789. The Bertz CT molecular complexity index is 406. The number of piperidine rings is 1. The molecule has 1 aliphatic rings. The normalized spacial score (nSPS) is 20.3. The van der Waals surface area contributed by atoms with Crippen molar-refractivity contribution in [2.45, 2.75) is 26.3 Å². The third kappa shape index (κ3) is 4.18. The molecule has 110 valence electrons. The minimum Gasteiger partial charge on any atom is -0.319 e. The van der Waals surface area contributed by atoms with Crippen LogP contribution in [0.4, 0.5) is 0 Å². The highest BCUT2D eigenvalue weighted by atomic mass is 79.9. The van der Waals surface area contributed by atoms with Gasteiger partial charge in [0.2, 0.25) is 0 Å². The second-order valence-corrected chi connectivity index (χ2v) is 6.06. The van der Waals surface area contributed by atoms with Crippen molar-refractivity contribution in [2.75, 3.05) is 26.7 Å². The van der Waals surface area contributed by atoms with Crippen LogP contribution in [0.2, 0.25) is 0 Å². The number of likely N-dealkylation sites (tertiary alicyclic amines) is 1. The fourth-order valence-electron chi connectivity index (χ4n) is 2.81. The number of aryl methyl sites for hydroxylation is 2. The van der Waals surface area contributed by atoms with E-state index in [4.69, 9.17) is 0 Å². The molecule has 6 heteroatoms. The van der Waals surface area contributed by atoms with Gasteiger partial charge in [-0.05, 0) is 61.8 Å². The Balaban J connectivity index is 0.00000180. The van der Waals surface area contributed by atoms with E-state index in [0.717, 1.165) is 24.7 Å². The van der Waals surface area contributed by atoms with Gasteiger partial charge in [0.1, 0.15) is 0 Å². The molecule has 1 aromatic rings. The Morgan fingerprint density at radius 3 is 2.79 bits per heavy atom. The van der Waals surface area contributed by atoms with Gasteiger partial charge in [-0.2, -0.15) is 5.10 Å². The van der Waals surface area contributed by atoms with Gasteiger partial charge in [0.05, 0.1) is 15.9 Å². The molecule has 2 rings (SSSR count). The molecule has 1 fully saturated rings. The van der Waals surface area contributed by atoms with E-state index in [1.165, 1.54) is 36.1 Å². The summed E-state index contributed by atoms with van der Waals surface area (Å²) < 4.78 is 3.17. The molecule has 1 atom stereocenters. The van der Waals surface area contributed by atoms with Crippen LogP contribution in [0, 0.1) is 12.8 Å². The van der Waals surface area contributed by atoms with Crippen LogP contribution in [0.1, 0.15) is 24.2 Å². The van der Waals surface area contributed by atoms with Crippen molar-refractivity contribution >= 4 is 28.3 Å². The minimum atomic E-state index is 0. The zero-order valence-electron chi connectivity index (χ0n) is 11.9. The first-order valence-corrected chi connectivity index (χ1v) is 7.46. The van der Waals surface area contributed by atoms with Gasteiger partial charge in [0, 0.05) is 20.1 Å². The van der Waals surface area contributed by atoms with Gasteiger partial charge in [0.15, 0.2) is 0 Å². The van der Waals surface area contributed by atoms with Gasteiger partial charge in [-0.15, -0.1) is 12.4 Å². The van der Waals surface area contributed by atoms with Crippen molar-refractivity contribution in [3.05, 3.63) is 15.9 Å². The zero-order chi connectivity index (χ0) is 13.1. The van der Waals surface area contributed by atoms with Crippen LogP contribution in [-0.2, 0) is 13.6 Å². The molecule has 1 unspecified atom stereocenters. The average Bonchev–Trinajstić information content (AvgIpc) is 2.57. The van der Waals surface area contributed by atoms with Gasteiger partial charge in [-0.3, -0.25) is 9.58 Å². The number of halogens is 2. The highest BCUT2D eigenvalue weighted by Gasteiger charge is 2.21. The van der Waals surface area contributed by atoms with Gasteiger partial charge < -0.3 is 5.32 Å². The molecule has 0 aromatic carbocycles. The minimum absolute atomic E-state index is 0. The van der Waals surface area contributed by atoms with Crippen molar-refractivity contribution in [2.24, 2.45) is 13.0 Å². The van der Waals surface area contributed by atoms with E-state index in [9.17, 15) is 0 Å². The zero-order valence-corrected chi connectivity index (χ0v) is 14.4. The highest BCUT2D eigenvalue weighted by molar-refractivity contribution is 9.10. The Morgan fingerprint density at radius 1 is 1.47 bits per heavy atom. The Morgan fingerprint density at radius 2 is 2.21 bits per heavy atom. The molecule has 1 N–H and O–H groups in total. The second-order valence-electron chi connectivity index (χ2n) is 5.27. The van der Waals surface area contributed by atoms with Crippen molar-refractivity contribution in [3.8, 4) is 0 Å². The molecule has 19 heavy (non-hydrogen) atoms. The van der Waals surface area contributed by atoms with Crippen molar-refractivity contribution < 1.29 is 0 Å². The second kappa shape index (κ2) is 7.62. The Hall–Kier alpha value is -0.100. The quantitative estimate of drug-likeness (QED) is 0.904. The van der Waals surface area contributed by atoms with Crippen LogP contribution in [0.3, 0.4) is 0 Å². The van der Waals surface area contributed by atoms with Crippen LogP contribution in [0.5, 0.6) is 0 Å². The number of rotatable bonds is 4. The number of hydrogen-bond donors (Lipinski definition) is 1. The topological polar surface area (TPSA) is 33.1 Å². The highest BCUT2D eigenvalue weighted by Crippen LogP contribution is 2.24. The van der Waals surface area contributed by atoms with Crippen molar-refractivity contribution in [1.29, 1.82) is 0 Å². The molecule has 1 saturated heterocycles. The van der Waals surface area contributed by atoms with E-state index < -0.39 is 0 Å². The molecule has 1 aliphatic heterocycles. The lowest BCUT2D eigenvalue weighted by Gasteiger charge is -2.32. The van der Waals surface area contributed by atoms with E-state index in [0.29, 0.717) is 0 Å². The lowest BCUT2D eigenvalue weighted by Crippen LogP contribution is -2.38. The largest absolute Gasteiger partial charge is 0.319 e. The van der Waals surface area contributed by atoms with Crippen molar-refractivity contribution in [3.63, 3.8) is 0 Å². The number of nitrogens with one attached hydrogen (secondary N) is 1. The fourth-order valence-corrected chi connectivity index (χ4v) is 3.28. The summed E-state index contributed by atoms with van der Waals surface area (Å²) in [6.45, 7) is 6.57. The molecule has 1 aromatic heterocycles. The standard InChI is InChI=1S/C13H23BrN4.ClH/c1-10-13(14)12(17(3)16-10)9-18-6-4-5-11(8-18)7-15-2;/h11,15H,4-9H2,1-3H3;1H. The number of aromatic nitrogens is 2. The first-order valence-electron chi connectivity index (χ1n) is 6.66. The predicted octanol–water partition coefficient (Wildman–Crippen LogP) is 2.34. The SMILES string of the molecule is CNCC1CCCN(Cc2c(Br)c(C)nn2C)C1.Cl. The maximum Gasteiger partial charge on any atom is 0.0739 e. The third-order valence-electron chi connectivity index (χ3n) is 3.73. The van der Waals surface area contributed by atoms with E-state index in [1.54, 1.807) is 0 Å². The summed E-state index contributed by atoms with van der Waals surface area (Å²) in [6.07, 6.45) is 2.66. The maximum atomic E-state index is 4.46. The summed E-state index contributed by atoms with van der Waals surface area (Å²) in [6, 6.07) is 0. The third-order valence-corrected chi connectivity index (χ3v) is 4.76. The summed E-state index contributed by atoms with van der Waals surface area (Å²) in [5, 5.41) is 7.76. The first-order chi connectivity index (χ1) is 8.61. The fraction of sp³-hybridized carbons (Fsp3) is 0.769. The molecule has 0 spiro atoms. The monoisotopic (exact) mass is 350 g/mol. The van der Waals surface area contributed by atoms with E-state index >= 15 is 0 Å². The molecule has 0 aliphatic carbocycles. The molecule has 0 bridgehead atoms. The van der Waals surface area contributed by atoms with Gasteiger partial charge in [-0.25, -0.2) is 0 Å². The lowest BCUT2D eigenvalue weighted by molar-refractivity contribution is 0.163. The van der Waals surface area contributed by atoms with Crippen LogP contribution >= 0.6 is 28.3 Å². The van der Waals surface area contributed by atoms with Crippen LogP contribution < -0.4 is 5.32 Å². The van der Waals surface area contributed by atoms with Crippen LogP contribution in [-0.4, -0.2) is 41.4 Å². The predicted molar refractivity (Wildman–Crippen MR) is 84.8 cm³/mol. The van der Waals surface area contributed by atoms with Gasteiger partial charge >= 0.3 is 0 Å². The maximum absolute atomic E-state index is 4.46. The molecular weight excluding hydrogens is 328 g/mol. The molecule has 0 amide bonds. The summed E-state index contributed by atoms with van der Waals surface area (Å²) >= 11 is 3.65. The Labute approximate surface area is 130 Å². The smallest absolute Gasteiger partial charge is 0.0739 e. The van der Waals surface area contributed by atoms with E-state index in [-0.39, 0.29) is 12.4 Å². The van der Waals surface area contributed by atoms with Crippen molar-refractivity contribution in [1.82, 2.24) is 20.0 Å². The summed E-state index contributed by atoms with van der Waals surface area (Å²) in [7, 11) is 4.07. The average molecular weight is 352 g/mol. The molecular formula is C13H24BrClN4. The molecule has 2 heterocycles. The molecule has 0 saturated carbocycles. The molecule has 4 nitrogen and oxygen atoms in total. The van der Waals surface area contributed by atoms with Crippen LogP contribution in [0.25, 0.3) is 0 Å².